The van der Waals surface area contributed by atoms with Gasteiger partial charge in [-0.2, -0.15) is 10.2 Å². The minimum atomic E-state index is -0.130. The number of ether oxygens (including phenoxy) is 1. The van der Waals surface area contributed by atoms with E-state index in [1.54, 1.807) is 0 Å². The maximum atomic E-state index is 7.24. The van der Waals surface area contributed by atoms with Gasteiger partial charge in [-0.3, -0.25) is 0 Å². The summed E-state index contributed by atoms with van der Waals surface area (Å²) in [6.07, 6.45) is 19.0. The number of benzene rings is 1. The molecule has 2 bridgehead atoms. The summed E-state index contributed by atoms with van der Waals surface area (Å²) in [5.74, 6) is 0.494. The second-order valence-electron chi connectivity index (χ2n) is 10.6. The normalized spacial score (nSPS) is 38.2. The molecule has 2 fully saturated rings. The van der Waals surface area contributed by atoms with E-state index in [2.05, 4.69) is 60.1 Å². The van der Waals surface area contributed by atoms with Crippen molar-refractivity contribution in [2.45, 2.75) is 63.1 Å². The van der Waals surface area contributed by atoms with Crippen molar-refractivity contribution in [2.75, 3.05) is 0 Å². The van der Waals surface area contributed by atoms with Gasteiger partial charge in [-0.25, -0.2) is 0 Å². The quantitative estimate of drug-likeness (QED) is 0.517. The molecule has 1 saturated carbocycles. The van der Waals surface area contributed by atoms with Gasteiger partial charge in [0.2, 0.25) is 0 Å². The lowest BCUT2D eigenvalue weighted by Crippen LogP contribution is -2.53. The molecule has 7 rings (SSSR count). The van der Waals surface area contributed by atoms with Crippen LogP contribution in [-0.4, -0.2) is 21.4 Å². The molecule has 0 amide bonds. The Kier molecular flexibility index (Phi) is 3.40. The Labute approximate surface area is 183 Å². The van der Waals surface area contributed by atoms with E-state index >= 15 is 0 Å². The lowest BCUT2D eigenvalue weighted by molar-refractivity contribution is -0.123. The summed E-state index contributed by atoms with van der Waals surface area (Å²) in [5.41, 5.74) is 7.06. The van der Waals surface area contributed by atoms with Crippen LogP contribution in [0.1, 0.15) is 57.4 Å². The number of rotatable bonds is 1. The Hall–Kier alpha value is -2.52. The van der Waals surface area contributed by atoms with E-state index in [9.17, 15) is 0 Å². The van der Waals surface area contributed by atoms with Crippen LogP contribution < -0.4 is 0 Å². The number of nitrogens with zero attached hydrogens (tertiary/aromatic N) is 2. The zero-order valence-electron chi connectivity index (χ0n) is 18.2. The lowest BCUT2D eigenvalue weighted by atomic mass is 9.58. The van der Waals surface area contributed by atoms with Gasteiger partial charge in [-0.1, -0.05) is 49.4 Å². The van der Waals surface area contributed by atoms with Crippen LogP contribution in [0.3, 0.4) is 0 Å². The third-order valence-corrected chi connectivity index (χ3v) is 9.07. The summed E-state index contributed by atoms with van der Waals surface area (Å²) < 4.78 is 7.24. The van der Waals surface area contributed by atoms with Gasteiger partial charge in [-0.15, -0.1) is 0 Å². The second kappa shape index (κ2) is 5.83. The first-order valence-electron chi connectivity index (χ1n) is 11.7. The molecule has 2 aromatic rings. The summed E-state index contributed by atoms with van der Waals surface area (Å²) in [6.45, 7) is 6.81. The summed E-state index contributed by atoms with van der Waals surface area (Å²) in [4.78, 5) is 0. The SMILES string of the molecule is C=C1CCC2=CC3=CC[C@]4(C)C(c5ccc6cnncc6c5)=CC[C@H]4[C@@]34CCC2(C1)O4. The molecule has 3 heterocycles. The standard InChI is InChI=1S/C28H28N2O/c1-18-3-6-22-14-23-9-10-26(2)24(19-4-5-20-16-29-30-17-21(20)13-19)7-8-25(26)28(23)12-11-27(22,15-18)31-28/h4-5,7,9,13-14,16-17,25H,1,3,6,8,10-12,15H2,2H3/t25-,26-,27?,28-/m1/s1. The van der Waals surface area contributed by atoms with Crippen LogP contribution in [0.15, 0.2) is 72.1 Å². The van der Waals surface area contributed by atoms with E-state index in [1.165, 1.54) is 27.9 Å². The van der Waals surface area contributed by atoms with Crippen LogP contribution >= 0.6 is 0 Å². The van der Waals surface area contributed by atoms with Gasteiger partial charge in [-0.05, 0) is 66.9 Å². The van der Waals surface area contributed by atoms with Crippen LogP contribution in [0.2, 0.25) is 0 Å². The van der Waals surface area contributed by atoms with Gasteiger partial charge in [0, 0.05) is 28.5 Å². The Morgan fingerprint density at radius 1 is 1.06 bits per heavy atom. The van der Waals surface area contributed by atoms with Crippen LogP contribution in [0.25, 0.3) is 16.3 Å². The van der Waals surface area contributed by atoms with E-state index < -0.39 is 0 Å². The molecule has 3 heteroatoms. The van der Waals surface area contributed by atoms with Crippen molar-refractivity contribution < 1.29 is 4.74 Å². The monoisotopic (exact) mass is 408 g/mol. The molecule has 4 atom stereocenters. The molecular weight excluding hydrogens is 380 g/mol. The van der Waals surface area contributed by atoms with Crippen molar-refractivity contribution >= 4 is 16.3 Å². The molecule has 1 saturated heterocycles. The highest BCUT2D eigenvalue weighted by molar-refractivity contribution is 5.86. The van der Waals surface area contributed by atoms with Gasteiger partial charge in [0.15, 0.2) is 0 Å². The topological polar surface area (TPSA) is 35.0 Å². The fraction of sp³-hybridized carbons (Fsp3) is 0.429. The number of allylic oxidation sites excluding steroid dienone is 3. The van der Waals surface area contributed by atoms with Crippen molar-refractivity contribution in [3.63, 3.8) is 0 Å². The predicted octanol–water partition coefficient (Wildman–Crippen LogP) is 6.34. The molecule has 1 aromatic carbocycles. The largest absolute Gasteiger partial charge is 0.359 e. The summed E-state index contributed by atoms with van der Waals surface area (Å²) in [6, 6.07) is 6.74. The van der Waals surface area contributed by atoms with Crippen molar-refractivity contribution in [1.82, 2.24) is 10.2 Å². The molecule has 0 N–H and O–H groups in total. The van der Waals surface area contributed by atoms with Gasteiger partial charge in [0.05, 0.1) is 23.6 Å². The fourth-order valence-electron chi connectivity index (χ4n) is 7.54. The molecule has 3 aliphatic carbocycles. The van der Waals surface area contributed by atoms with E-state index in [4.69, 9.17) is 4.74 Å². The zero-order chi connectivity index (χ0) is 20.8. The number of fused-ring (bicyclic) bond motifs is 2. The zero-order valence-corrected chi connectivity index (χ0v) is 18.2. The minimum Gasteiger partial charge on any atom is -0.359 e. The highest BCUT2D eigenvalue weighted by atomic mass is 16.5. The highest BCUT2D eigenvalue weighted by Crippen LogP contribution is 2.67. The van der Waals surface area contributed by atoms with E-state index in [1.807, 2.05) is 12.4 Å². The molecule has 3 nitrogen and oxygen atoms in total. The van der Waals surface area contributed by atoms with Gasteiger partial charge in [0.1, 0.15) is 0 Å². The summed E-state index contributed by atoms with van der Waals surface area (Å²) in [7, 11) is 0. The summed E-state index contributed by atoms with van der Waals surface area (Å²) >= 11 is 0. The van der Waals surface area contributed by atoms with Crippen LogP contribution in [0, 0.1) is 11.3 Å². The Morgan fingerprint density at radius 2 is 1.94 bits per heavy atom. The Bertz CT molecular complexity index is 1250. The molecule has 2 spiro atoms. The van der Waals surface area contributed by atoms with E-state index in [0.29, 0.717) is 5.92 Å². The van der Waals surface area contributed by atoms with Crippen molar-refractivity contribution in [1.29, 1.82) is 0 Å². The first-order valence-corrected chi connectivity index (χ1v) is 11.7. The molecule has 156 valence electrons. The molecule has 0 radical (unpaired) electrons. The first-order chi connectivity index (χ1) is 15.0. The third-order valence-electron chi connectivity index (χ3n) is 9.07. The summed E-state index contributed by atoms with van der Waals surface area (Å²) in [5, 5.41) is 10.4. The second-order valence-corrected chi connectivity index (χ2v) is 10.6. The van der Waals surface area contributed by atoms with Crippen molar-refractivity contribution in [3.05, 3.63) is 77.7 Å². The number of hydrogen-bond donors (Lipinski definition) is 0. The number of aromatic nitrogens is 2. The van der Waals surface area contributed by atoms with Crippen molar-refractivity contribution in [2.24, 2.45) is 11.3 Å². The van der Waals surface area contributed by atoms with E-state index in [-0.39, 0.29) is 16.6 Å². The van der Waals surface area contributed by atoms with Crippen LogP contribution in [0.4, 0.5) is 0 Å². The molecule has 5 aliphatic rings. The molecule has 1 unspecified atom stereocenters. The average molecular weight is 409 g/mol. The van der Waals surface area contributed by atoms with Gasteiger partial charge < -0.3 is 4.74 Å². The lowest BCUT2D eigenvalue weighted by Gasteiger charge is -2.53. The van der Waals surface area contributed by atoms with Gasteiger partial charge in [0.25, 0.3) is 0 Å². The minimum absolute atomic E-state index is 0.0741. The predicted molar refractivity (Wildman–Crippen MR) is 123 cm³/mol. The third kappa shape index (κ3) is 2.23. The molecular formula is C28H28N2O. The molecule has 2 aliphatic heterocycles. The Morgan fingerprint density at radius 3 is 2.84 bits per heavy atom. The smallest absolute Gasteiger partial charge is 0.0981 e. The maximum absolute atomic E-state index is 7.24. The van der Waals surface area contributed by atoms with Crippen LogP contribution in [-0.2, 0) is 4.74 Å². The average Bonchev–Trinajstić information content (AvgIpc) is 3.28. The van der Waals surface area contributed by atoms with Crippen molar-refractivity contribution in [3.8, 4) is 0 Å². The first kappa shape index (κ1) is 18.1. The maximum Gasteiger partial charge on any atom is 0.0981 e. The van der Waals surface area contributed by atoms with Gasteiger partial charge >= 0.3 is 0 Å². The highest BCUT2D eigenvalue weighted by Gasteiger charge is 2.64. The Balaban J connectivity index is 1.32. The van der Waals surface area contributed by atoms with E-state index in [0.717, 1.165) is 55.7 Å². The molecule has 1 aromatic heterocycles. The molecule has 31 heavy (non-hydrogen) atoms. The van der Waals surface area contributed by atoms with Crippen LogP contribution in [0.5, 0.6) is 0 Å². The fourth-order valence-corrected chi connectivity index (χ4v) is 7.54. The number of hydrogen-bond acceptors (Lipinski definition) is 3.